The summed E-state index contributed by atoms with van der Waals surface area (Å²) in [5.41, 5.74) is 1.38. The highest BCUT2D eigenvalue weighted by Gasteiger charge is 2.10. The molecule has 0 amide bonds. The van der Waals surface area contributed by atoms with E-state index in [1.165, 1.54) is 24.3 Å². The zero-order valence-corrected chi connectivity index (χ0v) is 9.90. The van der Waals surface area contributed by atoms with E-state index in [0.717, 1.165) is 10.5 Å². The van der Waals surface area contributed by atoms with Crippen LogP contribution in [0.1, 0.15) is 0 Å². The molecule has 84 valence electrons. The molecule has 0 saturated carbocycles. The Bertz CT molecular complexity index is 669. The molecule has 8 heteroatoms. The number of aromatic amines is 1. The lowest BCUT2D eigenvalue weighted by Crippen LogP contribution is -1.89. The van der Waals surface area contributed by atoms with Crippen LogP contribution in [0.25, 0.3) is 11.2 Å². The van der Waals surface area contributed by atoms with Crippen LogP contribution in [0.3, 0.4) is 0 Å². The summed E-state index contributed by atoms with van der Waals surface area (Å²) in [6, 6.07) is 0. The fraction of sp³-hybridized carbons (Fsp3) is 0. The first kappa shape index (κ1) is 10.4. The average molecular weight is 265 g/mol. The maximum atomic E-state index is 5.94. The summed E-state index contributed by atoms with van der Waals surface area (Å²) < 4.78 is 0. The molecule has 1 N–H and O–H groups in total. The van der Waals surface area contributed by atoms with Crippen molar-refractivity contribution < 1.29 is 0 Å². The highest BCUT2D eigenvalue weighted by molar-refractivity contribution is 7.99. The Labute approximate surface area is 105 Å². The molecule has 3 aromatic rings. The molecule has 3 aromatic heterocycles. The fourth-order valence-corrected chi connectivity index (χ4v) is 2.30. The minimum atomic E-state index is 0.351. The molecule has 3 rings (SSSR count). The van der Waals surface area contributed by atoms with E-state index in [-0.39, 0.29) is 0 Å². The number of fused-ring (bicyclic) bond motifs is 1. The first-order valence-electron chi connectivity index (χ1n) is 4.63. The first-order chi connectivity index (χ1) is 8.34. The van der Waals surface area contributed by atoms with Crippen LogP contribution in [-0.4, -0.2) is 29.9 Å². The van der Waals surface area contributed by atoms with Crippen LogP contribution >= 0.6 is 23.4 Å². The molecule has 0 aromatic carbocycles. The van der Waals surface area contributed by atoms with E-state index >= 15 is 0 Å². The molecular formula is C9H5ClN6S. The standard InChI is InChI=1S/C9H5ClN6S/c10-6-9(12-2-1-11-6)17-8-5-7(14-3-13-5)15-4-16-8/h1-4H,(H,13,14,15,16). The van der Waals surface area contributed by atoms with Gasteiger partial charge in [0.25, 0.3) is 0 Å². The summed E-state index contributed by atoms with van der Waals surface area (Å²) in [5, 5.41) is 1.67. The third kappa shape index (κ3) is 1.94. The zero-order valence-electron chi connectivity index (χ0n) is 8.33. The number of rotatable bonds is 2. The van der Waals surface area contributed by atoms with Gasteiger partial charge in [-0.15, -0.1) is 0 Å². The molecule has 0 aliphatic carbocycles. The number of nitrogens with one attached hydrogen (secondary N) is 1. The molecule has 0 bridgehead atoms. The highest BCUT2D eigenvalue weighted by atomic mass is 35.5. The lowest BCUT2D eigenvalue weighted by molar-refractivity contribution is 1.04. The van der Waals surface area contributed by atoms with Gasteiger partial charge in [0.15, 0.2) is 10.8 Å². The second-order valence-corrected chi connectivity index (χ2v) is 4.37. The Morgan fingerprint density at radius 1 is 1.00 bits per heavy atom. The van der Waals surface area contributed by atoms with Gasteiger partial charge < -0.3 is 4.98 Å². The van der Waals surface area contributed by atoms with Gasteiger partial charge in [-0.2, -0.15) is 0 Å². The summed E-state index contributed by atoms with van der Waals surface area (Å²) in [6.07, 6.45) is 6.15. The van der Waals surface area contributed by atoms with Crippen molar-refractivity contribution in [1.29, 1.82) is 0 Å². The Kier molecular flexibility index (Phi) is 2.62. The zero-order chi connectivity index (χ0) is 11.7. The molecule has 0 spiro atoms. The Balaban J connectivity index is 2.06. The van der Waals surface area contributed by atoms with Crippen molar-refractivity contribution in [2.24, 2.45) is 0 Å². The first-order valence-corrected chi connectivity index (χ1v) is 5.82. The molecule has 0 saturated heterocycles. The molecular weight excluding hydrogens is 260 g/mol. The predicted octanol–water partition coefficient (Wildman–Crippen LogP) is 1.95. The third-order valence-electron chi connectivity index (χ3n) is 2.00. The van der Waals surface area contributed by atoms with Crippen LogP contribution in [0.15, 0.2) is 35.1 Å². The lowest BCUT2D eigenvalue weighted by Gasteiger charge is -2.01. The Morgan fingerprint density at radius 3 is 2.76 bits per heavy atom. The van der Waals surface area contributed by atoms with Gasteiger partial charge in [0, 0.05) is 12.4 Å². The van der Waals surface area contributed by atoms with Gasteiger partial charge in [-0.05, 0) is 11.8 Å². The SMILES string of the molecule is Clc1nccnc1Sc1ncnc2nc[nH]c12. The third-order valence-corrected chi connectivity index (χ3v) is 3.39. The van der Waals surface area contributed by atoms with Crippen LogP contribution in [-0.2, 0) is 0 Å². The van der Waals surface area contributed by atoms with Crippen molar-refractivity contribution >= 4 is 34.5 Å². The van der Waals surface area contributed by atoms with Crippen molar-refractivity contribution in [3.05, 3.63) is 30.2 Å². The second-order valence-electron chi connectivity index (χ2n) is 3.03. The topological polar surface area (TPSA) is 80.2 Å². The largest absolute Gasteiger partial charge is 0.341 e. The second kappa shape index (κ2) is 4.27. The van der Waals surface area contributed by atoms with E-state index in [0.29, 0.717) is 15.8 Å². The van der Waals surface area contributed by atoms with Crippen LogP contribution in [0, 0.1) is 0 Å². The molecule has 0 aliphatic rings. The monoisotopic (exact) mass is 264 g/mol. The predicted molar refractivity (Wildman–Crippen MR) is 62.8 cm³/mol. The van der Waals surface area contributed by atoms with Crippen LogP contribution in [0.2, 0.25) is 5.15 Å². The van der Waals surface area contributed by atoms with Crippen LogP contribution in [0.5, 0.6) is 0 Å². The van der Waals surface area contributed by atoms with E-state index in [1.807, 2.05) is 0 Å². The van der Waals surface area contributed by atoms with E-state index in [9.17, 15) is 0 Å². The van der Waals surface area contributed by atoms with Gasteiger partial charge in [0.2, 0.25) is 0 Å². The van der Waals surface area contributed by atoms with E-state index in [4.69, 9.17) is 11.6 Å². The van der Waals surface area contributed by atoms with E-state index in [1.54, 1.807) is 12.5 Å². The summed E-state index contributed by atoms with van der Waals surface area (Å²) in [6.45, 7) is 0. The quantitative estimate of drug-likeness (QED) is 0.713. The van der Waals surface area contributed by atoms with Crippen molar-refractivity contribution in [2.75, 3.05) is 0 Å². The summed E-state index contributed by atoms with van der Waals surface area (Å²) >= 11 is 7.26. The Hall–Kier alpha value is -1.73. The van der Waals surface area contributed by atoms with E-state index < -0.39 is 0 Å². The molecule has 0 atom stereocenters. The molecule has 0 fully saturated rings. The number of H-pyrrole nitrogens is 1. The summed E-state index contributed by atoms with van der Waals surface area (Å²) in [4.78, 5) is 23.3. The minimum absolute atomic E-state index is 0.351. The maximum absolute atomic E-state index is 5.94. The van der Waals surface area contributed by atoms with E-state index in [2.05, 4.69) is 29.9 Å². The molecule has 0 unspecified atom stereocenters. The highest BCUT2D eigenvalue weighted by Crippen LogP contribution is 2.31. The average Bonchev–Trinajstić information content (AvgIpc) is 2.81. The number of aromatic nitrogens is 6. The van der Waals surface area contributed by atoms with Gasteiger partial charge in [-0.1, -0.05) is 11.6 Å². The van der Waals surface area contributed by atoms with Crippen LogP contribution < -0.4 is 0 Å². The van der Waals surface area contributed by atoms with Crippen molar-refractivity contribution in [3.63, 3.8) is 0 Å². The van der Waals surface area contributed by atoms with Crippen LogP contribution in [0.4, 0.5) is 0 Å². The van der Waals surface area contributed by atoms with Gasteiger partial charge in [0.1, 0.15) is 21.9 Å². The number of nitrogens with zero attached hydrogens (tertiary/aromatic N) is 5. The molecule has 17 heavy (non-hydrogen) atoms. The number of halogens is 1. The molecule has 6 nitrogen and oxygen atoms in total. The molecule has 0 radical (unpaired) electrons. The van der Waals surface area contributed by atoms with Gasteiger partial charge in [-0.3, -0.25) is 0 Å². The smallest absolute Gasteiger partial charge is 0.181 e. The maximum Gasteiger partial charge on any atom is 0.181 e. The number of hydrogen-bond acceptors (Lipinski definition) is 6. The minimum Gasteiger partial charge on any atom is -0.341 e. The molecule has 0 aliphatic heterocycles. The van der Waals surface area contributed by atoms with Crippen molar-refractivity contribution in [3.8, 4) is 0 Å². The van der Waals surface area contributed by atoms with Gasteiger partial charge in [0.05, 0.1) is 6.33 Å². The van der Waals surface area contributed by atoms with Gasteiger partial charge in [-0.25, -0.2) is 24.9 Å². The van der Waals surface area contributed by atoms with Crippen molar-refractivity contribution in [2.45, 2.75) is 10.1 Å². The van der Waals surface area contributed by atoms with Crippen molar-refractivity contribution in [1.82, 2.24) is 29.9 Å². The number of imidazole rings is 1. The normalized spacial score (nSPS) is 10.9. The summed E-state index contributed by atoms with van der Waals surface area (Å²) in [5.74, 6) is 0. The number of hydrogen-bond donors (Lipinski definition) is 1. The lowest BCUT2D eigenvalue weighted by atomic mass is 10.6. The summed E-state index contributed by atoms with van der Waals surface area (Å²) in [7, 11) is 0. The van der Waals surface area contributed by atoms with Gasteiger partial charge >= 0.3 is 0 Å². The Morgan fingerprint density at radius 2 is 1.88 bits per heavy atom. The fourth-order valence-electron chi connectivity index (χ4n) is 1.29. The molecule has 3 heterocycles.